The molecule has 118 valence electrons. The minimum absolute atomic E-state index is 0.0241. The summed E-state index contributed by atoms with van der Waals surface area (Å²) in [6, 6.07) is 6.30. The monoisotopic (exact) mass is 304 g/mol. The van der Waals surface area contributed by atoms with Crippen molar-refractivity contribution in [2.45, 2.75) is 20.0 Å². The van der Waals surface area contributed by atoms with Crippen LogP contribution < -0.4 is 10.2 Å². The molecule has 0 aromatic heterocycles. The zero-order valence-corrected chi connectivity index (χ0v) is 13.9. The molecule has 1 aliphatic heterocycles. The van der Waals surface area contributed by atoms with Crippen LogP contribution in [-0.2, 0) is 0 Å². The number of nitrogens with one attached hydrogen (secondary N) is 1. The summed E-state index contributed by atoms with van der Waals surface area (Å²) in [6.07, 6.45) is 13.6. The fourth-order valence-corrected chi connectivity index (χ4v) is 2.86. The van der Waals surface area contributed by atoms with Gasteiger partial charge in [0.05, 0.1) is 11.4 Å². The summed E-state index contributed by atoms with van der Waals surface area (Å²) in [6.45, 7) is 15.8. The molecule has 23 heavy (non-hydrogen) atoms. The zero-order valence-electron chi connectivity index (χ0n) is 13.9. The number of nitrogens with zero attached hydrogens (tertiary/aromatic N) is 1. The molecular formula is C21H24N2. The molecule has 2 rings (SSSR count). The van der Waals surface area contributed by atoms with E-state index in [0.717, 1.165) is 17.0 Å². The third-order valence-corrected chi connectivity index (χ3v) is 3.80. The number of allylic oxidation sites excluding steroid dienone is 6. The van der Waals surface area contributed by atoms with Crippen molar-refractivity contribution in [3.8, 4) is 0 Å². The van der Waals surface area contributed by atoms with Gasteiger partial charge in [-0.05, 0) is 43.2 Å². The van der Waals surface area contributed by atoms with Crippen LogP contribution in [0.15, 0.2) is 91.7 Å². The minimum atomic E-state index is -0.0241. The fourth-order valence-electron chi connectivity index (χ4n) is 2.86. The van der Waals surface area contributed by atoms with Gasteiger partial charge >= 0.3 is 0 Å². The highest BCUT2D eigenvalue weighted by Gasteiger charge is 2.32. The summed E-state index contributed by atoms with van der Waals surface area (Å²) in [5.74, 6) is 0. The SMILES string of the molecule is C=C/C=C(\C=C)C1Nc2cccc(C)c2N1C(/C=C\C)=C/C=C. The number of benzene rings is 1. The molecule has 1 N–H and O–H groups in total. The van der Waals surface area contributed by atoms with E-state index in [1.54, 1.807) is 6.08 Å². The molecule has 1 atom stereocenters. The van der Waals surface area contributed by atoms with Crippen LogP contribution in [-0.4, -0.2) is 6.17 Å². The predicted octanol–water partition coefficient (Wildman–Crippen LogP) is 5.50. The topological polar surface area (TPSA) is 15.3 Å². The average Bonchev–Trinajstić information content (AvgIpc) is 2.93. The van der Waals surface area contributed by atoms with Crippen LogP contribution in [0.1, 0.15) is 12.5 Å². The Hall–Kier alpha value is -2.74. The highest BCUT2D eigenvalue weighted by Crippen LogP contribution is 2.42. The Labute approximate surface area is 139 Å². The number of hydrogen-bond acceptors (Lipinski definition) is 2. The third kappa shape index (κ3) is 3.21. The molecule has 0 bridgehead atoms. The van der Waals surface area contributed by atoms with Gasteiger partial charge in [0.25, 0.3) is 0 Å². The van der Waals surface area contributed by atoms with Crippen molar-refractivity contribution in [1.29, 1.82) is 0 Å². The molecule has 2 heteroatoms. The quantitative estimate of drug-likeness (QED) is 0.698. The first kappa shape index (κ1) is 16.6. The van der Waals surface area contributed by atoms with Crippen LogP contribution in [0.25, 0.3) is 0 Å². The van der Waals surface area contributed by atoms with Crippen molar-refractivity contribution < 1.29 is 0 Å². The molecular weight excluding hydrogens is 280 g/mol. The summed E-state index contributed by atoms with van der Waals surface area (Å²) in [5.41, 5.74) is 5.66. The van der Waals surface area contributed by atoms with Crippen LogP contribution >= 0.6 is 0 Å². The third-order valence-electron chi connectivity index (χ3n) is 3.80. The van der Waals surface area contributed by atoms with Gasteiger partial charge < -0.3 is 10.2 Å². The maximum atomic E-state index is 3.95. The molecule has 1 heterocycles. The number of aryl methyl sites for hydroxylation is 1. The van der Waals surface area contributed by atoms with Crippen LogP contribution in [0.5, 0.6) is 0 Å². The summed E-state index contributed by atoms with van der Waals surface area (Å²) < 4.78 is 0. The normalized spacial score (nSPS) is 17.8. The van der Waals surface area contributed by atoms with E-state index >= 15 is 0 Å². The van der Waals surface area contributed by atoms with Crippen LogP contribution in [0.4, 0.5) is 11.4 Å². The Morgan fingerprint density at radius 1 is 1.17 bits per heavy atom. The second-order valence-electron chi connectivity index (χ2n) is 5.32. The fraction of sp³-hybridized carbons (Fsp3) is 0.143. The van der Waals surface area contributed by atoms with E-state index in [4.69, 9.17) is 0 Å². The van der Waals surface area contributed by atoms with Gasteiger partial charge in [0, 0.05) is 5.70 Å². The number of para-hydroxylation sites is 1. The van der Waals surface area contributed by atoms with Gasteiger partial charge in [-0.2, -0.15) is 0 Å². The van der Waals surface area contributed by atoms with Crippen molar-refractivity contribution >= 4 is 11.4 Å². The van der Waals surface area contributed by atoms with Crippen LogP contribution in [0.2, 0.25) is 0 Å². The molecule has 2 nitrogen and oxygen atoms in total. The lowest BCUT2D eigenvalue weighted by molar-refractivity contribution is 0.857. The molecule has 0 saturated heterocycles. The Kier molecular flexibility index (Phi) is 5.42. The molecule has 1 unspecified atom stereocenters. The zero-order chi connectivity index (χ0) is 16.8. The summed E-state index contributed by atoms with van der Waals surface area (Å²) >= 11 is 0. The van der Waals surface area contributed by atoms with Crippen molar-refractivity contribution in [3.63, 3.8) is 0 Å². The second kappa shape index (κ2) is 7.50. The molecule has 0 aliphatic carbocycles. The minimum Gasteiger partial charge on any atom is -0.359 e. The van der Waals surface area contributed by atoms with Crippen molar-refractivity contribution in [3.05, 3.63) is 97.3 Å². The van der Waals surface area contributed by atoms with Crippen LogP contribution in [0.3, 0.4) is 0 Å². The smallest absolute Gasteiger partial charge is 0.130 e. The van der Waals surface area contributed by atoms with E-state index in [1.165, 1.54) is 11.3 Å². The molecule has 1 aromatic rings. The lowest BCUT2D eigenvalue weighted by atomic mass is 10.1. The standard InChI is InChI=1S/C21H24N2/c1-6-11-17(9-4)21-22-19-15-10-14-16(5)20(19)23(21)18(12-7-2)13-8-3/h6-15,21-22H,1-2,4H2,3,5H3/b13-8-,17-11+,18-12+. The number of rotatable bonds is 6. The first-order chi connectivity index (χ1) is 11.2. The first-order valence-corrected chi connectivity index (χ1v) is 7.73. The largest absolute Gasteiger partial charge is 0.359 e. The van der Waals surface area contributed by atoms with Gasteiger partial charge in [-0.15, -0.1) is 0 Å². The molecule has 0 amide bonds. The van der Waals surface area contributed by atoms with Crippen molar-refractivity contribution in [2.75, 3.05) is 10.2 Å². The lowest BCUT2D eigenvalue weighted by Gasteiger charge is -2.29. The van der Waals surface area contributed by atoms with Crippen molar-refractivity contribution in [2.24, 2.45) is 0 Å². The lowest BCUT2D eigenvalue weighted by Crippen LogP contribution is -2.36. The molecule has 0 radical (unpaired) electrons. The van der Waals surface area contributed by atoms with Gasteiger partial charge in [0.15, 0.2) is 0 Å². The Bertz CT molecular complexity index is 705. The van der Waals surface area contributed by atoms with E-state index in [2.05, 4.69) is 61.2 Å². The highest BCUT2D eigenvalue weighted by atomic mass is 15.3. The van der Waals surface area contributed by atoms with E-state index in [0.29, 0.717) is 0 Å². The summed E-state index contributed by atoms with van der Waals surface area (Å²) in [5, 5.41) is 3.59. The number of anilines is 2. The van der Waals surface area contributed by atoms with E-state index < -0.39 is 0 Å². The number of fused-ring (bicyclic) bond motifs is 1. The van der Waals surface area contributed by atoms with Crippen molar-refractivity contribution in [1.82, 2.24) is 0 Å². The van der Waals surface area contributed by atoms with Gasteiger partial charge in [0.2, 0.25) is 0 Å². The number of hydrogen-bond donors (Lipinski definition) is 1. The molecule has 1 aromatic carbocycles. The van der Waals surface area contributed by atoms with E-state index in [-0.39, 0.29) is 6.17 Å². The van der Waals surface area contributed by atoms with Gasteiger partial charge in [-0.25, -0.2) is 0 Å². The molecule has 1 aliphatic rings. The maximum absolute atomic E-state index is 3.95. The Balaban J connectivity index is 2.65. The van der Waals surface area contributed by atoms with Crippen LogP contribution in [0, 0.1) is 6.92 Å². The highest BCUT2D eigenvalue weighted by molar-refractivity contribution is 5.83. The van der Waals surface area contributed by atoms with E-state index in [9.17, 15) is 0 Å². The first-order valence-electron chi connectivity index (χ1n) is 7.73. The predicted molar refractivity (Wildman–Crippen MR) is 103 cm³/mol. The second-order valence-corrected chi connectivity index (χ2v) is 5.32. The molecule has 0 spiro atoms. The Morgan fingerprint density at radius 3 is 2.52 bits per heavy atom. The van der Waals surface area contributed by atoms with E-state index in [1.807, 2.05) is 37.3 Å². The molecule has 0 saturated carbocycles. The van der Waals surface area contributed by atoms with Gasteiger partial charge in [0.1, 0.15) is 6.17 Å². The average molecular weight is 304 g/mol. The summed E-state index contributed by atoms with van der Waals surface area (Å²) in [7, 11) is 0. The van der Waals surface area contributed by atoms with Gasteiger partial charge in [-0.3, -0.25) is 0 Å². The van der Waals surface area contributed by atoms with Gasteiger partial charge in [-0.1, -0.05) is 62.2 Å². The maximum Gasteiger partial charge on any atom is 0.130 e. The Morgan fingerprint density at radius 2 is 1.91 bits per heavy atom. The molecule has 0 fully saturated rings. The summed E-state index contributed by atoms with van der Waals surface area (Å²) in [4.78, 5) is 2.28.